The largest absolute Gasteiger partial charge is 0.471 e. The zero-order valence-corrected chi connectivity index (χ0v) is 11.0. The molecule has 19 heavy (non-hydrogen) atoms. The number of benzene rings is 2. The first-order chi connectivity index (χ1) is 9.24. The fourth-order valence-electron chi connectivity index (χ4n) is 2.01. The maximum Gasteiger partial charge on any atom is 0.183 e. The first-order valence-corrected chi connectivity index (χ1v) is 6.22. The van der Waals surface area contributed by atoms with E-state index in [1.54, 1.807) is 4.68 Å². The minimum absolute atomic E-state index is 0.366. The summed E-state index contributed by atoms with van der Waals surface area (Å²) in [6, 6.07) is 14.0. The summed E-state index contributed by atoms with van der Waals surface area (Å²) in [5.74, 6) is 0.889. The predicted octanol–water partition coefficient (Wildman–Crippen LogP) is 3.08. The van der Waals surface area contributed by atoms with Gasteiger partial charge in [-0.15, -0.1) is 5.10 Å². The van der Waals surface area contributed by atoms with Gasteiger partial charge in [-0.2, -0.15) is 0 Å². The van der Waals surface area contributed by atoms with Crippen molar-refractivity contribution in [1.82, 2.24) is 15.0 Å². The summed E-state index contributed by atoms with van der Waals surface area (Å²) in [6.07, 6.45) is 0. The van der Waals surface area contributed by atoms with Crippen LogP contribution in [-0.4, -0.2) is 15.0 Å². The van der Waals surface area contributed by atoms with Crippen LogP contribution in [0.3, 0.4) is 0 Å². The van der Waals surface area contributed by atoms with Crippen LogP contribution in [0.1, 0.15) is 11.1 Å². The van der Waals surface area contributed by atoms with E-state index in [0.29, 0.717) is 6.73 Å². The van der Waals surface area contributed by atoms with Crippen molar-refractivity contribution in [1.29, 1.82) is 0 Å². The van der Waals surface area contributed by atoms with Gasteiger partial charge in [0.1, 0.15) is 11.3 Å². The lowest BCUT2D eigenvalue weighted by molar-refractivity contribution is 0.222. The number of ether oxygens (including phenoxy) is 1. The number of fused-ring (bicyclic) bond motifs is 1. The van der Waals surface area contributed by atoms with Crippen LogP contribution in [0.15, 0.2) is 42.5 Å². The summed E-state index contributed by atoms with van der Waals surface area (Å²) < 4.78 is 7.59. The number of rotatable bonds is 3. The zero-order chi connectivity index (χ0) is 13.2. The second-order valence-electron chi connectivity index (χ2n) is 4.62. The molecule has 0 N–H and O–H groups in total. The second kappa shape index (κ2) is 4.72. The molecule has 0 aliphatic carbocycles. The fourth-order valence-corrected chi connectivity index (χ4v) is 2.01. The van der Waals surface area contributed by atoms with E-state index in [1.807, 2.05) is 37.3 Å². The van der Waals surface area contributed by atoms with E-state index in [1.165, 1.54) is 5.56 Å². The van der Waals surface area contributed by atoms with Crippen LogP contribution in [0.25, 0.3) is 11.0 Å². The van der Waals surface area contributed by atoms with Crippen LogP contribution in [-0.2, 0) is 6.73 Å². The van der Waals surface area contributed by atoms with Crippen molar-refractivity contribution in [2.45, 2.75) is 20.6 Å². The highest BCUT2D eigenvalue weighted by Crippen LogP contribution is 2.20. The lowest BCUT2D eigenvalue weighted by Crippen LogP contribution is -2.07. The lowest BCUT2D eigenvalue weighted by atomic mass is 10.1. The van der Waals surface area contributed by atoms with E-state index >= 15 is 0 Å². The van der Waals surface area contributed by atoms with Crippen molar-refractivity contribution < 1.29 is 4.74 Å². The third-order valence-corrected chi connectivity index (χ3v) is 3.11. The van der Waals surface area contributed by atoms with Gasteiger partial charge in [0.25, 0.3) is 0 Å². The molecule has 1 heterocycles. The Morgan fingerprint density at radius 3 is 2.84 bits per heavy atom. The normalized spacial score (nSPS) is 10.8. The summed E-state index contributed by atoms with van der Waals surface area (Å²) in [4.78, 5) is 0. The maximum absolute atomic E-state index is 5.83. The van der Waals surface area contributed by atoms with Gasteiger partial charge < -0.3 is 4.74 Å². The number of nitrogens with zero attached hydrogens (tertiary/aromatic N) is 3. The molecule has 0 spiro atoms. The quantitative estimate of drug-likeness (QED) is 0.720. The molecule has 2 aromatic carbocycles. The van der Waals surface area contributed by atoms with Crippen LogP contribution in [0.2, 0.25) is 0 Å². The van der Waals surface area contributed by atoms with Gasteiger partial charge in [0, 0.05) is 0 Å². The van der Waals surface area contributed by atoms with E-state index in [4.69, 9.17) is 4.74 Å². The molecule has 0 aliphatic rings. The highest BCUT2D eigenvalue weighted by molar-refractivity contribution is 5.73. The van der Waals surface area contributed by atoms with Gasteiger partial charge >= 0.3 is 0 Å². The summed E-state index contributed by atoms with van der Waals surface area (Å²) in [5.41, 5.74) is 4.17. The molecule has 0 fully saturated rings. The summed E-state index contributed by atoms with van der Waals surface area (Å²) in [5, 5.41) is 8.21. The highest BCUT2D eigenvalue weighted by atomic mass is 16.5. The molecule has 0 saturated carbocycles. The van der Waals surface area contributed by atoms with E-state index in [9.17, 15) is 0 Å². The fraction of sp³-hybridized carbons (Fsp3) is 0.200. The molecule has 0 radical (unpaired) electrons. The first kappa shape index (κ1) is 11.7. The van der Waals surface area contributed by atoms with E-state index < -0.39 is 0 Å². The van der Waals surface area contributed by atoms with Crippen molar-refractivity contribution in [3.05, 3.63) is 53.6 Å². The van der Waals surface area contributed by atoms with Crippen molar-refractivity contribution in [3.8, 4) is 5.75 Å². The summed E-state index contributed by atoms with van der Waals surface area (Å²) >= 11 is 0. The molecule has 0 unspecified atom stereocenters. The van der Waals surface area contributed by atoms with Crippen molar-refractivity contribution >= 4 is 11.0 Å². The Hall–Kier alpha value is -2.36. The molecule has 0 amide bonds. The van der Waals surface area contributed by atoms with Crippen LogP contribution < -0.4 is 4.74 Å². The third kappa shape index (κ3) is 2.29. The Balaban J connectivity index is 1.84. The van der Waals surface area contributed by atoms with Crippen molar-refractivity contribution in [2.75, 3.05) is 0 Å². The Morgan fingerprint density at radius 1 is 1.11 bits per heavy atom. The molecular formula is C15H15N3O. The molecule has 96 valence electrons. The molecule has 3 aromatic rings. The minimum Gasteiger partial charge on any atom is -0.471 e. The number of hydrogen-bond acceptors (Lipinski definition) is 3. The average molecular weight is 253 g/mol. The summed E-state index contributed by atoms with van der Waals surface area (Å²) in [6.45, 7) is 4.45. The standard InChI is InChI=1S/C15H15N3O/c1-11-7-8-12(2)15(9-11)19-10-18-14-6-4-3-5-13(14)16-17-18/h3-9H,10H2,1-2H3. The molecule has 0 saturated heterocycles. The van der Waals surface area contributed by atoms with Crippen LogP contribution >= 0.6 is 0 Å². The molecule has 4 nitrogen and oxygen atoms in total. The lowest BCUT2D eigenvalue weighted by Gasteiger charge is -2.10. The van der Waals surface area contributed by atoms with Crippen LogP contribution in [0.4, 0.5) is 0 Å². The zero-order valence-electron chi connectivity index (χ0n) is 11.0. The average Bonchev–Trinajstić information content (AvgIpc) is 2.83. The molecule has 0 aliphatic heterocycles. The molecule has 0 atom stereocenters. The second-order valence-corrected chi connectivity index (χ2v) is 4.62. The molecule has 3 rings (SSSR count). The number of hydrogen-bond donors (Lipinski definition) is 0. The Labute approximate surface area is 111 Å². The van der Waals surface area contributed by atoms with Gasteiger partial charge in [0.15, 0.2) is 6.73 Å². The first-order valence-electron chi connectivity index (χ1n) is 6.22. The van der Waals surface area contributed by atoms with Crippen molar-refractivity contribution in [3.63, 3.8) is 0 Å². The third-order valence-electron chi connectivity index (χ3n) is 3.11. The SMILES string of the molecule is Cc1ccc(C)c(OCn2nnc3ccccc32)c1. The van der Waals surface area contributed by atoms with Gasteiger partial charge in [0.2, 0.25) is 0 Å². The highest BCUT2D eigenvalue weighted by Gasteiger charge is 2.05. The Morgan fingerprint density at radius 2 is 1.95 bits per heavy atom. The number of aryl methyl sites for hydroxylation is 2. The molecule has 4 heteroatoms. The van der Waals surface area contributed by atoms with Gasteiger partial charge in [0.05, 0.1) is 5.52 Å². The molecule has 1 aromatic heterocycles. The Kier molecular flexibility index (Phi) is 2.91. The predicted molar refractivity (Wildman–Crippen MR) is 74.1 cm³/mol. The molecular weight excluding hydrogens is 238 g/mol. The van der Waals surface area contributed by atoms with E-state index in [0.717, 1.165) is 22.3 Å². The minimum atomic E-state index is 0.366. The summed E-state index contributed by atoms with van der Waals surface area (Å²) in [7, 11) is 0. The van der Waals surface area contributed by atoms with E-state index in [2.05, 4.69) is 29.4 Å². The molecule has 0 bridgehead atoms. The van der Waals surface area contributed by atoms with Gasteiger partial charge in [-0.05, 0) is 43.2 Å². The van der Waals surface area contributed by atoms with E-state index in [-0.39, 0.29) is 0 Å². The number of para-hydroxylation sites is 1. The maximum atomic E-state index is 5.83. The van der Waals surface area contributed by atoms with Crippen molar-refractivity contribution in [2.24, 2.45) is 0 Å². The smallest absolute Gasteiger partial charge is 0.183 e. The topological polar surface area (TPSA) is 39.9 Å². The van der Waals surface area contributed by atoms with Gasteiger partial charge in [-0.3, -0.25) is 0 Å². The van der Waals surface area contributed by atoms with Gasteiger partial charge in [-0.25, -0.2) is 4.68 Å². The van der Waals surface area contributed by atoms with Crippen LogP contribution in [0, 0.1) is 13.8 Å². The Bertz CT molecular complexity index is 718. The monoisotopic (exact) mass is 253 g/mol. The number of aromatic nitrogens is 3. The van der Waals surface area contributed by atoms with Gasteiger partial charge in [-0.1, -0.05) is 29.5 Å². The van der Waals surface area contributed by atoms with Crippen LogP contribution in [0.5, 0.6) is 5.75 Å².